The first-order valence-electron chi connectivity index (χ1n) is 9.08. The van der Waals surface area contributed by atoms with Gasteiger partial charge < -0.3 is 14.4 Å². The van der Waals surface area contributed by atoms with Crippen molar-refractivity contribution in [1.82, 2.24) is 9.88 Å². The standard InChI is InChI=1S/C21H26N2O3/c1-25-16-21(24)23-12-10-20(26-15-19-9-5-6-11-22-19)18(14-23)13-17-7-3-2-4-8-17/h2-9,11,18,20H,10,12-16H2,1H3/t18-,20-/m1/s1. The van der Waals surface area contributed by atoms with Crippen LogP contribution in [0.2, 0.25) is 0 Å². The predicted octanol–water partition coefficient (Wildman–Crippen LogP) is 2.70. The van der Waals surface area contributed by atoms with Crippen LogP contribution in [0.15, 0.2) is 54.7 Å². The lowest BCUT2D eigenvalue weighted by Gasteiger charge is -2.38. The molecule has 0 aliphatic carbocycles. The van der Waals surface area contributed by atoms with Gasteiger partial charge in [0.15, 0.2) is 0 Å². The number of nitrogens with zero attached hydrogens (tertiary/aromatic N) is 2. The van der Waals surface area contributed by atoms with Gasteiger partial charge in [0.2, 0.25) is 5.91 Å². The molecular weight excluding hydrogens is 328 g/mol. The molecule has 0 bridgehead atoms. The maximum Gasteiger partial charge on any atom is 0.248 e. The van der Waals surface area contributed by atoms with Gasteiger partial charge in [0.05, 0.1) is 18.4 Å². The number of aromatic nitrogens is 1. The lowest BCUT2D eigenvalue weighted by atomic mass is 9.88. The van der Waals surface area contributed by atoms with Crippen molar-refractivity contribution >= 4 is 5.91 Å². The zero-order chi connectivity index (χ0) is 18.2. The number of ether oxygens (including phenoxy) is 2. The topological polar surface area (TPSA) is 51.7 Å². The van der Waals surface area contributed by atoms with Gasteiger partial charge in [0.25, 0.3) is 0 Å². The van der Waals surface area contributed by atoms with Crippen molar-refractivity contribution in [2.45, 2.75) is 25.6 Å². The van der Waals surface area contributed by atoms with E-state index in [2.05, 4.69) is 29.2 Å². The SMILES string of the molecule is COCC(=O)N1CC[C@@H](OCc2ccccn2)[C@H](Cc2ccccc2)C1. The summed E-state index contributed by atoms with van der Waals surface area (Å²) in [6.07, 6.45) is 3.62. The molecule has 1 aromatic heterocycles. The number of piperidine rings is 1. The maximum absolute atomic E-state index is 12.2. The molecule has 5 nitrogen and oxygen atoms in total. The number of hydrogen-bond acceptors (Lipinski definition) is 4. The van der Waals surface area contributed by atoms with Crippen LogP contribution in [0.5, 0.6) is 0 Å². The first-order valence-corrected chi connectivity index (χ1v) is 9.08. The maximum atomic E-state index is 12.2. The Kier molecular flexibility index (Phi) is 6.75. The molecular formula is C21H26N2O3. The zero-order valence-corrected chi connectivity index (χ0v) is 15.2. The van der Waals surface area contributed by atoms with Crippen LogP contribution in [0.3, 0.4) is 0 Å². The summed E-state index contributed by atoms with van der Waals surface area (Å²) >= 11 is 0. The molecule has 1 saturated heterocycles. The summed E-state index contributed by atoms with van der Waals surface area (Å²) in [5, 5.41) is 0. The molecule has 2 atom stereocenters. The Bertz CT molecular complexity index is 678. The van der Waals surface area contributed by atoms with Crippen LogP contribution < -0.4 is 0 Å². The summed E-state index contributed by atoms with van der Waals surface area (Å²) in [5.74, 6) is 0.310. The average Bonchev–Trinajstić information content (AvgIpc) is 2.69. The largest absolute Gasteiger partial charge is 0.375 e. The van der Waals surface area contributed by atoms with Crippen LogP contribution in [-0.2, 0) is 27.3 Å². The van der Waals surface area contributed by atoms with Crippen molar-refractivity contribution in [3.63, 3.8) is 0 Å². The molecule has 0 unspecified atom stereocenters. The van der Waals surface area contributed by atoms with E-state index >= 15 is 0 Å². The molecule has 0 radical (unpaired) electrons. The van der Waals surface area contributed by atoms with Gasteiger partial charge in [-0.05, 0) is 30.5 Å². The van der Waals surface area contributed by atoms with Crippen molar-refractivity contribution in [1.29, 1.82) is 0 Å². The van der Waals surface area contributed by atoms with Crippen LogP contribution in [0.4, 0.5) is 0 Å². The predicted molar refractivity (Wildman–Crippen MR) is 99.5 cm³/mol. The van der Waals surface area contributed by atoms with E-state index in [1.807, 2.05) is 29.2 Å². The average molecular weight is 354 g/mol. The molecule has 3 rings (SSSR count). The first kappa shape index (κ1) is 18.5. The number of benzene rings is 1. The number of carbonyl (C=O) groups is 1. The number of likely N-dealkylation sites (tertiary alicyclic amines) is 1. The second-order valence-corrected chi connectivity index (χ2v) is 6.68. The van der Waals surface area contributed by atoms with Crippen LogP contribution in [0, 0.1) is 5.92 Å². The molecule has 0 saturated carbocycles. The summed E-state index contributed by atoms with van der Waals surface area (Å²) in [5.41, 5.74) is 2.20. The Morgan fingerprint density at radius 2 is 2.00 bits per heavy atom. The molecule has 26 heavy (non-hydrogen) atoms. The minimum Gasteiger partial charge on any atom is -0.375 e. The van der Waals surface area contributed by atoms with Crippen LogP contribution in [0.25, 0.3) is 0 Å². The van der Waals surface area contributed by atoms with E-state index in [1.165, 1.54) is 5.56 Å². The second-order valence-electron chi connectivity index (χ2n) is 6.68. The fraction of sp³-hybridized carbons (Fsp3) is 0.429. The molecule has 1 fully saturated rings. The van der Waals surface area contributed by atoms with Gasteiger partial charge in [-0.15, -0.1) is 0 Å². The van der Waals surface area contributed by atoms with Crippen LogP contribution >= 0.6 is 0 Å². The number of rotatable bonds is 7. The molecule has 2 heterocycles. The monoisotopic (exact) mass is 354 g/mol. The first-order chi connectivity index (χ1) is 12.8. The quantitative estimate of drug-likeness (QED) is 0.767. The zero-order valence-electron chi connectivity index (χ0n) is 15.2. The second kappa shape index (κ2) is 9.46. The summed E-state index contributed by atoms with van der Waals surface area (Å²) in [7, 11) is 1.56. The number of amides is 1. The fourth-order valence-electron chi connectivity index (χ4n) is 3.46. The highest BCUT2D eigenvalue weighted by Gasteiger charge is 2.32. The van der Waals surface area contributed by atoms with E-state index in [9.17, 15) is 4.79 Å². The number of methoxy groups -OCH3 is 1. The highest BCUT2D eigenvalue weighted by Crippen LogP contribution is 2.25. The van der Waals surface area contributed by atoms with Crippen molar-refractivity contribution in [2.75, 3.05) is 26.8 Å². The normalized spacial score (nSPS) is 20.1. The molecule has 0 N–H and O–H groups in total. The molecule has 138 valence electrons. The van der Waals surface area contributed by atoms with Crippen molar-refractivity contribution in [3.8, 4) is 0 Å². The van der Waals surface area contributed by atoms with Gasteiger partial charge in [0, 0.05) is 32.3 Å². The van der Waals surface area contributed by atoms with Gasteiger partial charge in [-0.2, -0.15) is 0 Å². The number of pyridine rings is 1. The minimum absolute atomic E-state index is 0.0498. The van der Waals surface area contributed by atoms with Crippen LogP contribution in [0.1, 0.15) is 17.7 Å². The highest BCUT2D eigenvalue weighted by molar-refractivity contribution is 5.77. The molecule has 1 aromatic carbocycles. The molecule has 2 aromatic rings. The number of carbonyl (C=O) groups excluding carboxylic acids is 1. The lowest BCUT2D eigenvalue weighted by Crippen LogP contribution is -2.48. The van der Waals surface area contributed by atoms with Crippen molar-refractivity contribution in [2.24, 2.45) is 5.92 Å². The Morgan fingerprint density at radius 1 is 1.19 bits per heavy atom. The van der Waals surface area contributed by atoms with Crippen molar-refractivity contribution in [3.05, 3.63) is 66.0 Å². The molecule has 1 aliphatic heterocycles. The minimum atomic E-state index is 0.0498. The molecule has 1 amide bonds. The van der Waals surface area contributed by atoms with Gasteiger partial charge >= 0.3 is 0 Å². The number of hydrogen-bond donors (Lipinski definition) is 0. The van der Waals surface area contributed by atoms with E-state index in [0.29, 0.717) is 19.7 Å². The van der Waals surface area contributed by atoms with Gasteiger partial charge in [-0.25, -0.2) is 0 Å². The molecule has 5 heteroatoms. The van der Waals surface area contributed by atoms with Gasteiger partial charge in [-0.1, -0.05) is 36.4 Å². The lowest BCUT2D eigenvalue weighted by molar-refractivity contribution is -0.140. The Labute approximate surface area is 155 Å². The van der Waals surface area contributed by atoms with E-state index in [4.69, 9.17) is 9.47 Å². The van der Waals surface area contributed by atoms with E-state index < -0.39 is 0 Å². The Balaban J connectivity index is 1.66. The summed E-state index contributed by atoms with van der Waals surface area (Å²) < 4.78 is 11.2. The van der Waals surface area contributed by atoms with Crippen LogP contribution in [-0.4, -0.2) is 48.7 Å². The summed E-state index contributed by atoms with van der Waals surface area (Å²) in [4.78, 5) is 18.5. The van der Waals surface area contributed by atoms with E-state index in [0.717, 1.165) is 18.5 Å². The third kappa shape index (κ3) is 5.13. The van der Waals surface area contributed by atoms with Crippen molar-refractivity contribution < 1.29 is 14.3 Å². The third-order valence-electron chi connectivity index (χ3n) is 4.80. The van der Waals surface area contributed by atoms with Gasteiger partial charge in [-0.3, -0.25) is 9.78 Å². The smallest absolute Gasteiger partial charge is 0.248 e. The van der Waals surface area contributed by atoms with Gasteiger partial charge in [0.1, 0.15) is 6.61 Å². The van der Waals surface area contributed by atoms with E-state index in [1.54, 1.807) is 13.3 Å². The Hall–Kier alpha value is -2.24. The van der Waals surface area contributed by atoms with E-state index in [-0.39, 0.29) is 24.5 Å². The summed E-state index contributed by atoms with van der Waals surface area (Å²) in [6, 6.07) is 16.2. The fourth-order valence-corrected chi connectivity index (χ4v) is 3.46. The molecule has 1 aliphatic rings. The summed E-state index contributed by atoms with van der Waals surface area (Å²) in [6.45, 7) is 2.05. The Morgan fingerprint density at radius 3 is 2.73 bits per heavy atom. The molecule has 0 spiro atoms. The highest BCUT2D eigenvalue weighted by atomic mass is 16.5. The third-order valence-corrected chi connectivity index (χ3v) is 4.80.